The number of hydrogen-bond acceptors (Lipinski definition) is 9. The molecule has 9 heterocycles. The second-order valence-corrected chi connectivity index (χ2v) is 21.7. The quantitative estimate of drug-likeness (QED) is 0.179. The Hall–Kier alpha value is -0.360. The second kappa shape index (κ2) is 20.5. The van der Waals surface area contributed by atoms with Crippen molar-refractivity contribution < 1.29 is 4.74 Å². The first-order valence-corrected chi connectivity index (χ1v) is 25.1. The summed E-state index contributed by atoms with van der Waals surface area (Å²) in [5, 5.41) is 27.4. The van der Waals surface area contributed by atoms with E-state index in [4.69, 9.17) is 4.74 Å². The summed E-state index contributed by atoms with van der Waals surface area (Å²) >= 11 is 0. The van der Waals surface area contributed by atoms with Gasteiger partial charge in [0.05, 0.1) is 13.2 Å². The summed E-state index contributed by atoms with van der Waals surface area (Å²) in [4.78, 5) is 0. The molecular formula is C47H86N8O. The maximum absolute atomic E-state index is 5.29. The molecular weight excluding hydrogens is 693 g/mol. The van der Waals surface area contributed by atoms with Crippen LogP contribution in [0, 0.1) is 59.2 Å². The minimum Gasteiger partial charge on any atom is -0.378 e. The molecule has 9 nitrogen and oxygen atoms in total. The lowest BCUT2D eigenvalue weighted by Crippen LogP contribution is -2.41. The van der Waals surface area contributed by atoms with Crippen molar-refractivity contribution in [3.05, 3.63) is 0 Å². The minimum absolute atomic E-state index is 0.689. The first-order valence-electron chi connectivity index (χ1n) is 25.1. The fourth-order valence-electron chi connectivity index (χ4n) is 12.6. The van der Waals surface area contributed by atoms with Crippen LogP contribution in [0.4, 0.5) is 0 Å². The van der Waals surface area contributed by atoms with E-state index in [2.05, 4.69) is 42.5 Å². The van der Waals surface area contributed by atoms with Gasteiger partial charge in [-0.05, 0) is 247 Å². The van der Waals surface area contributed by atoms with Gasteiger partial charge >= 0.3 is 0 Å². The minimum atomic E-state index is 0.689. The molecule has 9 saturated heterocycles. The van der Waals surface area contributed by atoms with Gasteiger partial charge in [-0.2, -0.15) is 0 Å². The molecule has 16 aliphatic rings. The van der Waals surface area contributed by atoms with E-state index in [-0.39, 0.29) is 0 Å². The Morgan fingerprint density at radius 1 is 0.321 bits per heavy atom. The van der Waals surface area contributed by atoms with Crippen LogP contribution in [0.15, 0.2) is 0 Å². The van der Waals surface area contributed by atoms with Gasteiger partial charge in [0.2, 0.25) is 0 Å². The monoisotopic (exact) mass is 779 g/mol. The van der Waals surface area contributed by atoms with Crippen molar-refractivity contribution >= 4 is 0 Å². The largest absolute Gasteiger partial charge is 0.378 e. The fourth-order valence-corrected chi connectivity index (χ4v) is 12.6. The van der Waals surface area contributed by atoms with Crippen LogP contribution in [0.2, 0.25) is 0 Å². The molecule has 9 heteroatoms. The molecule has 0 aromatic heterocycles. The smallest absolute Gasteiger partial charge is 0.0620 e. The third-order valence-corrected chi connectivity index (χ3v) is 16.9. The zero-order valence-corrected chi connectivity index (χ0v) is 35.6. The van der Waals surface area contributed by atoms with Gasteiger partial charge < -0.3 is 47.3 Å². The van der Waals surface area contributed by atoms with Crippen molar-refractivity contribution in [1.29, 1.82) is 0 Å². The molecule has 0 radical (unpaired) electrons. The van der Waals surface area contributed by atoms with Crippen molar-refractivity contribution in [2.24, 2.45) is 59.2 Å². The molecule has 16 atom stereocenters. The third-order valence-electron chi connectivity index (χ3n) is 16.9. The number of morpholine rings is 1. The number of ether oxygens (including phenoxy) is 1. The lowest BCUT2D eigenvalue weighted by atomic mass is 10.0. The summed E-state index contributed by atoms with van der Waals surface area (Å²) in [5.41, 5.74) is 0. The van der Waals surface area contributed by atoms with Crippen molar-refractivity contribution in [2.75, 3.05) is 78.7 Å². The Bertz CT molecular complexity index is 989. The molecule has 8 bridgehead atoms. The highest BCUT2D eigenvalue weighted by Gasteiger charge is 2.41. The molecule has 16 unspecified atom stereocenters. The van der Waals surface area contributed by atoms with Crippen molar-refractivity contribution in [3.8, 4) is 0 Å². The van der Waals surface area contributed by atoms with E-state index in [1.165, 1.54) is 187 Å². The van der Waals surface area contributed by atoms with Gasteiger partial charge in [-0.3, -0.25) is 0 Å². The van der Waals surface area contributed by atoms with Crippen LogP contribution in [-0.2, 0) is 4.74 Å². The van der Waals surface area contributed by atoms with E-state index in [0.717, 1.165) is 96.6 Å². The van der Waals surface area contributed by atoms with Crippen LogP contribution in [0.3, 0.4) is 0 Å². The summed E-state index contributed by atoms with van der Waals surface area (Å²) in [5.74, 6) is 10.8. The number of piperidine rings is 7. The van der Waals surface area contributed by atoms with Gasteiger partial charge in [-0.25, -0.2) is 0 Å². The van der Waals surface area contributed by atoms with Crippen LogP contribution in [0.25, 0.3) is 0 Å². The average Bonchev–Trinajstić information content (AvgIpc) is 4.14. The molecule has 7 saturated carbocycles. The number of rotatable bonds is 0. The Kier molecular flexibility index (Phi) is 15.0. The predicted octanol–water partition coefficient (Wildman–Crippen LogP) is 4.63. The van der Waals surface area contributed by atoms with Gasteiger partial charge in [0, 0.05) is 36.3 Å². The van der Waals surface area contributed by atoms with Crippen LogP contribution in [0.1, 0.15) is 122 Å². The van der Waals surface area contributed by atoms with Gasteiger partial charge in [-0.15, -0.1) is 0 Å². The highest BCUT2D eigenvalue weighted by atomic mass is 16.5. The Morgan fingerprint density at radius 2 is 0.839 bits per heavy atom. The van der Waals surface area contributed by atoms with Crippen molar-refractivity contribution in [3.63, 3.8) is 0 Å². The summed E-state index contributed by atoms with van der Waals surface area (Å²) in [6, 6.07) is 5.14. The molecule has 7 aliphatic carbocycles. The van der Waals surface area contributed by atoms with E-state index in [9.17, 15) is 0 Å². The molecule has 320 valence electrons. The highest BCUT2D eigenvalue weighted by Crippen LogP contribution is 2.42. The number of nitrogens with one attached hydrogen (secondary N) is 8. The zero-order valence-electron chi connectivity index (χ0n) is 35.6. The topological polar surface area (TPSA) is 105 Å². The molecule has 16 rings (SSSR count). The number of hydrogen-bond donors (Lipinski definition) is 8. The van der Waals surface area contributed by atoms with Crippen molar-refractivity contribution in [2.45, 2.75) is 158 Å². The molecule has 0 spiro atoms. The van der Waals surface area contributed by atoms with Gasteiger partial charge in [0.1, 0.15) is 0 Å². The molecule has 56 heavy (non-hydrogen) atoms. The first kappa shape index (κ1) is 41.0. The maximum Gasteiger partial charge on any atom is 0.0620 e. The Morgan fingerprint density at radius 3 is 1.18 bits per heavy atom. The average molecular weight is 779 g/mol. The van der Waals surface area contributed by atoms with E-state index in [1.54, 1.807) is 0 Å². The summed E-state index contributed by atoms with van der Waals surface area (Å²) < 4.78 is 5.29. The van der Waals surface area contributed by atoms with E-state index < -0.39 is 0 Å². The van der Waals surface area contributed by atoms with E-state index in [1.807, 2.05) is 0 Å². The van der Waals surface area contributed by atoms with Gasteiger partial charge in [0.25, 0.3) is 0 Å². The van der Waals surface area contributed by atoms with Crippen LogP contribution >= 0.6 is 0 Å². The van der Waals surface area contributed by atoms with Gasteiger partial charge in [0.15, 0.2) is 0 Å². The van der Waals surface area contributed by atoms with Crippen molar-refractivity contribution in [1.82, 2.24) is 42.5 Å². The summed E-state index contributed by atoms with van der Waals surface area (Å²) in [6.07, 6.45) is 27.8. The predicted molar refractivity (Wildman–Crippen MR) is 230 cm³/mol. The molecule has 0 amide bonds. The van der Waals surface area contributed by atoms with Crippen LogP contribution in [-0.4, -0.2) is 115 Å². The third kappa shape index (κ3) is 12.8. The Balaban J connectivity index is 0.0000000837. The first-order chi connectivity index (χ1) is 27.7. The normalized spacial score (nSPS) is 48.0. The van der Waals surface area contributed by atoms with Crippen LogP contribution < -0.4 is 42.5 Å². The van der Waals surface area contributed by atoms with E-state index in [0.29, 0.717) is 12.1 Å². The molecule has 8 N–H and O–H groups in total. The maximum atomic E-state index is 5.29. The molecule has 0 aromatic rings. The second-order valence-electron chi connectivity index (χ2n) is 21.7. The fraction of sp³-hybridized carbons (Fsp3) is 1.00. The molecule has 0 aromatic carbocycles. The zero-order chi connectivity index (χ0) is 37.5. The lowest BCUT2D eigenvalue weighted by Gasteiger charge is -2.20. The molecule has 16 fully saturated rings. The lowest BCUT2D eigenvalue weighted by molar-refractivity contribution is 0.0728. The highest BCUT2D eigenvalue weighted by molar-refractivity contribution is 4.98. The Labute approximate surface area is 342 Å². The van der Waals surface area contributed by atoms with E-state index >= 15 is 0 Å². The summed E-state index contributed by atoms with van der Waals surface area (Å²) in [6.45, 7) is 14.9. The standard InChI is InChI=1S/C7H13N.C6H11NO.4C6H11N.2C5H9N/c1-2-7-3-6(1)4-8-5-7;1-2-6-4-8-3-5(1)7-6;1-2-7-4-6-3-5(1)6;2*1-2-6-3-5(1)4-7-6;1-2-5-4-6(5)7-3-1;1-4-2-6-3-5(1)4;1-2-6-5-3-4(1)5/h6-8H,1-5H2;5-7H,1-4H2;4*5-7H,1-4H2;2*4-6H,1-3H2. The summed E-state index contributed by atoms with van der Waals surface area (Å²) in [7, 11) is 0. The van der Waals surface area contributed by atoms with Crippen LogP contribution in [0.5, 0.6) is 0 Å². The molecule has 9 aliphatic heterocycles. The van der Waals surface area contributed by atoms with Gasteiger partial charge in [-0.1, -0.05) is 0 Å². The number of fused-ring (bicyclic) bond motifs is 12. The SMILES string of the molecule is C1CC2CC1CN2.C1CC2CC1CN2.C1CC2CC2CN1.C1CC2CC2N1.C1CC2CNCC1C2.C1CC2COCC1N2.C1CNC2CC2C1.C1NCC2CC12.